The molecule has 1 N–H and O–H groups in total. The van der Waals surface area contributed by atoms with Gasteiger partial charge < -0.3 is 5.11 Å². The standard InChI is InChI=1S/C20H28N2O/c1-15-5-10-20(23)18(12-15)19-4-2-3-11-22(19)14-17-8-6-16(13-21)7-9-17/h6-9,15,18-20,23H,2-5,10-12,14H2,1H3/t15-,18-,19+,20+/m1/s1. The van der Waals surface area contributed by atoms with Gasteiger partial charge in [0, 0.05) is 18.5 Å². The molecule has 2 aliphatic rings. The van der Waals surface area contributed by atoms with Gasteiger partial charge in [-0.2, -0.15) is 5.26 Å². The van der Waals surface area contributed by atoms with Crippen LogP contribution in [0, 0.1) is 23.2 Å². The minimum atomic E-state index is -0.127. The Balaban J connectivity index is 1.71. The number of nitriles is 1. The first kappa shape index (κ1) is 16.5. The van der Waals surface area contributed by atoms with Crippen LogP contribution in [0.1, 0.15) is 56.6 Å². The van der Waals surface area contributed by atoms with Gasteiger partial charge in [0.05, 0.1) is 17.7 Å². The predicted octanol–water partition coefficient (Wildman–Crippen LogP) is 3.71. The molecule has 0 unspecified atom stereocenters. The van der Waals surface area contributed by atoms with Crippen molar-refractivity contribution in [1.29, 1.82) is 5.26 Å². The summed E-state index contributed by atoms with van der Waals surface area (Å²) >= 11 is 0. The molecule has 3 rings (SSSR count). The van der Waals surface area contributed by atoms with Gasteiger partial charge in [0.25, 0.3) is 0 Å². The van der Waals surface area contributed by atoms with Crippen molar-refractivity contribution >= 4 is 0 Å². The summed E-state index contributed by atoms with van der Waals surface area (Å²) in [5.41, 5.74) is 2.00. The molecule has 124 valence electrons. The number of piperidine rings is 1. The largest absolute Gasteiger partial charge is 0.393 e. The van der Waals surface area contributed by atoms with Crippen LogP contribution in [0.3, 0.4) is 0 Å². The highest BCUT2D eigenvalue weighted by molar-refractivity contribution is 5.31. The molecule has 1 saturated heterocycles. The molecule has 0 aromatic heterocycles. The topological polar surface area (TPSA) is 47.3 Å². The molecule has 0 radical (unpaired) electrons. The Bertz CT molecular complexity index is 548. The van der Waals surface area contributed by atoms with Gasteiger partial charge in [-0.15, -0.1) is 0 Å². The zero-order valence-corrected chi connectivity index (χ0v) is 14.1. The summed E-state index contributed by atoms with van der Waals surface area (Å²) < 4.78 is 0. The van der Waals surface area contributed by atoms with Crippen molar-refractivity contribution < 1.29 is 5.11 Å². The smallest absolute Gasteiger partial charge is 0.0991 e. The van der Waals surface area contributed by atoms with E-state index in [-0.39, 0.29) is 6.10 Å². The van der Waals surface area contributed by atoms with E-state index < -0.39 is 0 Å². The van der Waals surface area contributed by atoms with E-state index in [1.54, 1.807) is 0 Å². The van der Waals surface area contributed by atoms with E-state index in [1.807, 2.05) is 12.1 Å². The van der Waals surface area contributed by atoms with Crippen LogP contribution in [0.5, 0.6) is 0 Å². The van der Waals surface area contributed by atoms with E-state index in [0.717, 1.165) is 37.4 Å². The fourth-order valence-electron chi connectivity index (χ4n) is 4.44. The molecule has 1 aliphatic carbocycles. The van der Waals surface area contributed by atoms with Crippen molar-refractivity contribution in [2.24, 2.45) is 11.8 Å². The summed E-state index contributed by atoms with van der Waals surface area (Å²) in [6, 6.07) is 10.7. The number of likely N-dealkylation sites (tertiary alicyclic amines) is 1. The Morgan fingerprint density at radius 1 is 1.17 bits per heavy atom. The van der Waals surface area contributed by atoms with Gasteiger partial charge in [0.2, 0.25) is 0 Å². The maximum Gasteiger partial charge on any atom is 0.0991 e. The third kappa shape index (κ3) is 3.94. The highest BCUT2D eigenvalue weighted by atomic mass is 16.3. The zero-order valence-electron chi connectivity index (χ0n) is 14.1. The molecular formula is C20H28N2O. The SMILES string of the molecule is C[C@@H]1CC[C@H](O)[C@@H]([C@@H]2CCCCN2Cc2ccc(C#N)cc2)C1. The molecule has 2 fully saturated rings. The first-order valence-electron chi connectivity index (χ1n) is 9.08. The summed E-state index contributed by atoms with van der Waals surface area (Å²) in [5, 5.41) is 19.5. The van der Waals surface area contributed by atoms with Gasteiger partial charge >= 0.3 is 0 Å². The molecule has 0 amide bonds. The van der Waals surface area contributed by atoms with Crippen LogP contribution >= 0.6 is 0 Å². The van der Waals surface area contributed by atoms with E-state index in [0.29, 0.717) is 12.0 Å². The minimum Gasteiger partial charge on any atom is -0.393 e. The number of nitrogens with zero attached hydrogens (tertiary/aromatic N) is 2. The number of benzene rings is 1. The van der Waals surface area contributed by atoms with Crippen molar-refractivity contribution in [3.63, 3.8) is 0 Å². The lowest BCUT2D eigenvalue weighted by atomic mass is 9.74. The van der Waals surface area contributed by atoms with Crippen LogP contribution < -0.4 is 0 Å². The molecule has 4 atom stereocenters. The van der Waals surface area contributed by atoms with Gasteiger partial charge in [-0.25, -0.2) is 0 Å². The Kier molecular flexibility index (Phi) is 5.35. The van der Waals surface area contributed by atoms with Crippen molar-refractivity contribution in [3.8, 4) is 6.07 Å². The van der Waals surface area contributed by atoms with Gasteiger partial charge in [-0.1, -0.05) is 25.5 Å². The lowest BCUT2D eigenvalue weighted by molar-refractivity contribution is -0.0203. The van der Waals surface area contributed by atoms with Crippen LogP contribution in [-0.2, 0) is 6.54 Å². The number of aliphatic hydroxyl groups excluding tert-OH is 1. The first-order chi connectivity index (χ1) is 11.2. The molecule has 3 heteroatoms. The van der Waals surface area contributed by atoms with Crippen LogP contribution in [-0.4, -0.2) is 28.7 Å². The van der Waals surface area contributed by atoms with Gasteiger partial charge in [-0.3, -0.25) is 4.90 Å². The van der Waals surface area contributed by atoms with Crippen LogP contribution in [0.2, 0.25) is 0 Å². The second-order valence-electron chi connectivity index (χ2n) is 7.49. The fourth-order valence-corrected chi connectivity index (χ4v) is 4.44. The second-order valence-corrected chi connectivity index (χ2v) is 7.49. The monoisotopic (exact) mass is 312 g/mol. The van der Waals surface area contributed by atoms with Crippen LogP contribution in [0.25, 0.3) is 0 Å². The van der Waals surface area contributed by atoms with Crippen molar-refractivity contribution in [3.05, 3.63) is 35.4 Å². The summed E-state index contributed by atoms with van der Waals surface area (Å²) in [6.07, 6.45) is 6.92. The highest BCUT2D eigenvalue weighted by Gasteiger charge is 2.37. The zero-order chi connectivity index (χ0) is 16.2. The van der Waals surface area contributed by atoms with Crippen LogP contribution in [0.15, 0.2) is 24.3 Å². The number of rotatable bonds is 3. The number of aliphatic hydroxyl groups is 1. The summed E-state index contributed by atoms with van der Waals surface area (Å²) in [4.78, 5) is 2.58. The van der Waals surface area contributed by atoms with E-state index >= 15 is 0 Å². The molecule has 1 aliphatic heterocycles. The lowest BCUT2D eigenvalue weighted by Crippen LogP contribution is -2.49. The molecule has 0 spiro atoms. The number of hydrogen-bond acceptors (Lipinski definition) is 3. The summed E-state index contributed by atoms with van der Waals surface area (Å²) in [6.45, 7) is 4.39. The van der Waals surface area contributed by atoms with Gasteiger partial charge in [0.1, 0.15) is 0 Å². The van der Waals surface area contributed by atoms with Crippen molar-refractivity contribution in [2.75, 3.05) is 6.54 Å². The maximum atomic E-state index is 10.5. The minimum absolute atomic E-state index is 0.127. The van der Waals surface area contributed by atoms with Crippen molar-refractivity contribution in [2.45, 2.75) is 64.1 Å². The average molecular weight is 312 g/mol. The molecule has 1 aromatic carbocycles. The third-order valence-corrected chi connectivity index (χ3v) is 5.75. The molecule has 1 saturated carbocycles. The Hall–Kier alpha value is -1.37. The average Bonchev–Trinajstić information content (AvgIpc) is 2.58. The van der Waals surface area contributed by atoms with E-state index in [2.05, 4.69) is 30.0 Å². The second kappa shape index (κ2) is 7.47. The number of hydrogen-bond donors (Lipinski definition) is 1. The molecule has 1 aromatic rings. The van der Waals surface area contributed by atoms with E-state index in [1.165, 1.54) is 31.2 Å². The van der Waals surface area contributed by atoms with Crippen molar-refractivity contribution in [1.82, 2.24) is 4.90 Å². The van der Waals surface area contributed by atoms with Gasteiger partial charge in [0.15, 0.2) is 0 Å². The quantitative estimate of drug-likeness (QED) is 0.925. The third-order valence-electron chi connectivity index (χ3n) is 5.75. The Morgan fingerprint density at radius 2 is 1.96 bits per heavy atom. The highest BCUT2D eigenvalue weighted by Crippen LogP contribution is 2.37. The van der Waals surface area contributed by atoms with Crippen LogP contribution in [0.4, 0.5) is 0 Å². The van der Waals surface area contributed by atoms with Gasteiger partial charge in [-0.05, 0) is 62.3 Å². The molecule has 1 heterocycles. The van der Waals surface area contributed by atoms with E-state index in [9.17, 15) is 5.11 Å². The molecule has 0 bridgehead atoms. The fraction of sp³-hybridized carbons (Fsp3) is 0.650. The maximum absolute atomic E-state index is 10.5. The first-order valence-corrected chi connectivity index (χ1v) is 9.08. The summed E-state index contributed by atoms with van der Waals surface area (Å²) in [7, 11) is 0. The normalized spacial score (nSPS) is 32.4. The van der Waals surface area contributed by atoms with E-state index in [4.69, 9.17) is 5.26 Å². The lowest BCUT2D eigenvalue weighted by Gasteiger charge is -2.45. The Labute approximate surface area is 139 Å². The molecule has 23 heavy (non-hydrogen) atoms. The Morgan fingerprint density at radius 3 is 2.70 bits per heavy atom. The molecular weight excluding hydrogens is 284 g/mol. The predicted molar refractivity (Wildman–Crippen MR) is 91.7 cm³/mol. The summed E-state index contributed by atoms with van der Waals surface area (Å²) in [5.74, 6) is 1.17. The molecule has 3 nitrogen and oxygen atoms in total.